The van der Waals surface area contributed by atoms with Gasteiger partial charge in [-0.05, 0) is 24.3 Å². The molecule has 3 heterocycles. The van der Waals surface area contributed by atoms with Crippen LogP contribution in [-0.4, -0.2) is 52.4 Å². The van der Waals surface area contributed by atoms with E-state index in [0.29, 0.717) is 37.1 Å². The largest absolute Gasteiger partial charge is 0.573 e. The van der Waals surface area contributed by atoms with Crippen molar-refractivity contribution in [2.75, 3.05) is 36.8 Å². The van der Waals surface area contributed by atoms with E-state index in [1.807, 2.05) is 29.2 Å². The summed E-state index contributed by atoms with van der Waals surface area (Å²) in [5, 5.41) is 0.838. The Labute approximate surface area is 164 Å². The molecule has 2 N–H and O–H groups in total. The van der Waals surface area contributed by atoms with Crippen molar-refractivity contribution in [3.8, 4) is 5.75 Å². The number of piperazine rings is 1. The molecule has 0 unspecified atom stereocenters. The van der Waals surface area contributed by atoms with Crippen molar-refractivity contribution in [2.24, 2.45) is 0 Å². The number of aromatic nitrogens is 3. The lowest BCUT2D eigenvalue weighted by molar-refractivity contribution is -0.274. The van der Waals surface area contributed by atoms with E-state index in [2.05, 4.69) is 24.6 Å². The molecule has 0 aliphatic carbocycles. The molecule has 152 valence electrons. The third-order valence-corrected chi connectivity index (χ3v) is 4.69. The molecule has 29 heavy (non-hydrogen) atoms. The lowest BCUT2D eigenvalue weighted by Gasteiger charge is -2.35. The van der Waals surface area contributed by atoms with Crippen molar-refractivity contribution in [2.45, 2.75) is 12.9 Å². The number of para-hydroxylation sites is 1. The minimum atomic E-state index is -4.72. The van der Waals surface area contributed by atoms with Crippen LogP contribution in [0.25, 0.3) is 10.9 Å². The Morgan fingerprint density at radius 3 is 2.45 bits per heavy atom. The van der Waals surface area contributed by atoms with Crippen molar-refractivity contribution >= 4 is 22.5 Å². The number of rotatable bonds is 4. The van der Waals surface area contributed by atoms with Crippen molar-refractivity contribution in [1.29, 1.82) is 0 Å². The van der Waals surface area contributed by atoms with Crippen LogP contribution in [0.1, 0.15) is 5.82 Å². The van der Waals surface area contributed by atoms with E-state index >= 15 is 0 Å². The van der Waals surface area contributed by atoms with E-state index in [1.165, 1.54) is 12.1 Å². The minimum Gasteiger partial charge on any atom is -0.404 e. The van der Waals surface area contributed by atoms with Gasteiger partial charge in [0.25, 0.3) is 0 Å². The van der Waals surface area contributed by atoms with Gasteiger partial charge in [-0.1, -0.05) is 12.1 Å². The first-order valence-electron chi connectivity index (χ1n) is 9.08. The molecular weight excluding hydrogens is 385 g/mol. The number of pyridine rings is 1. The highest BCUT2D eigenvalue weighted by molar-refractivity contribution is 5.87. The summed E-state index contributed by atoms with van der Waals surface area (Å²) < 4.78 is 40.6. The van der Waals surface area contributed by atoms with Crippen LogP contribution in [0.4, 0.5) is 24.8 Å². The van der Waals surface area contributed by atoms with Gasteiger partial charge >= 0.3 is 6.36 Å². The van der Waals surface area contributed by atoms with Crippen LogP contribution in [0.5, 0.6) is 5.75 Å². The van der Waals surface area contributed by atoms with Crippen molar-refractivity contribution in [3.05, 3.63) is 48.4 Å². The van der Waals surface area contributed by atoms with Crippen LogP contribution in [0.15, 0.2) is 42.6 Å². The molecule has 1 aliphatic heterocycles. The molecule has 1 aliphatic rings. The zero-order valence-electron chi connectivity index (χ0n) is 15.4. The SMILES string of the molecule is Nc1nc(CN2CCN(c3ccc(OC(F)(F)F)cn3)CC2)nc2ccccc12. The summed E-state index contributed by atoms with van der Waals surface area (Å²) in [6.07, 6.45) is -3.63. The first kappa shape index (κ1) is 19.2. The maximum Gasteiger partial charge on any atom is 0.573 e. The monoisotopic (exact) mass is 404 g/mol. The predicted molar refractivity (Wildman–Crippen MR) is 102 cm³/mol. The molecule has 0 bridgehead atoms. The van der Waals surface area contributed by atoms with E-state index in [1.54, 1.807) is 0 Å². The normalized spacial score (nSPS) is 15.6. The zero-order valence-corrected chi connectivity index (χ0v) is 15.4. The highest BCUT2D eigenvalue weighted by Gasteiger charge is 2.31. The van der Waals surface area contributed by atoms with E-state index < -0.39 is 6.36 Å². The second-order valence-corrected chi connectivity index (χ2v) is 6.71. The van der Waals surface area contributed by atoms with Gasteiger partial charge < -0.3 is 15.4 Å². The third kappa shape index (κ3) is 4.65. The highest BCUT2D eigenvalue weighted by atomic mass is 19.4. The summed E-state index contributed by atoms with van der Waals surface area (Å²) >= 11 is 0. The summed E-state index contributed by atoms with van der Waals surface area (Å²) in [6, 6.07) is 10.4. The number of alkyl halides is 3. The van der Waals surface area contributed by atoms with Gasteiger partial charge in [-0.2, -0.15) is 0 Å². The Balaban J connectivity index is 1.36. The van der Waals surface area contributed by atoms with Gasteiger partial charge in [0.1, 0.15) is 23.2 Å². The third-order valence-electron chi connectivity index (χ3n) is 4.69. The Kier molecular flexibility index (Phi) is 5.10. The van der Waals surface area contributed by atoms with Crippen LogP contribution in [0, 0.1) is 0 Å². The second-order valence-electron chi connectivity index (χ2n) is 6.71. The summed E-state index contributed by atoms with van der Waals surface area (Å²) in [7, 11) is 0. The molecular formula is C19H19F3N6O. The summed E-state index contributed by atoms with van der Waals surface area (Å²) in [6.45, 7) is 3.46. The van der Waals surface area contributed by atoms with Gasteiger partial charge in [0.05, 0.1) is 18.3 Å². The topological polar surface area (TPSA) is 80.4 Å². The lowest BCUT2D eigenvalue weighted by atomic mass is 10.2. The molecule has 0 amide bonds. The van der Waals surface area contributed by atoms with Crippen LogP contribution < -0.4 is 15.4 Å². The van der Waals surface area contributed by atoms with Gasteiger partial charge in [0, 0.05) is 31.6 Å². The molecule has 2 aromatic heterocycles. The molecule has 1 fully saturated rings. The molecule has 0 radical (unpaired) electrons. The van der Waals surface area contributed by atoms with Crippen LogP contribution in [0.2, 0.25) is 0 Å². The average Bonchev–Trinajstić information content (AvgIpc) is 2.68. The number of benzene rings is 1. The molecule has 1 saturated heterocycles. The fourth-order valence-corrected chi connectivity index (χ4v) is 3.31. The fourth-order valence-electron chi connectivity index (χ4n) is 3.31. The maximum absolute atomic E-state index is 12.2. The maximum atomic E-state index is 12.2. The number of hydrogen-bond donors (Lipinski definition) is 1. The lowest BCUT2D eigenvalue weighted by Crippen LogP contribution is -2.46. The molecule has 0 spiro atoms. The standard InChI is InChI=1S/C19H19F3N6O/c20-19(21,22)29-13-5-6-17(24-11-13)28-9-7-27(8-10-28)12-16-25-15-4-2-1-3-14(15)18(23)26-16/h1-6,11H,7-10,12H2,(H2,23,25,26). The summed E-state index contributed by atoms with van der Waals surface area (Å²) in [4.78, 5) is 17.3. The average molecular weight is 404 g/mol. The molecule has 0 atom stereocenters. The number of halogens is 3. The van der Waals surface area contributed by atoms with Crippen LogP contribution >= 0.6 is 0 Å². The molecule has 0 saturated carbocycles. The van der Waals surface area contributed by atoms with Crippen molar-refractivity contribution in [3.63, 3.8) is 0 Å². The summed E-state index contributed by atoms with van der Waals surface area (Å²) in [5.41, 5.74) is 6.86. The number of nitrogens with two attached hydrogens (primary N) is 1. The van der Waals surface area contributed by atoms with Crippen molar-refractivity contribution in [1.82, 2.24) is 19.9 Å². The number of nitrogens with zero attached hydrogens (tertiary/aromatic N) is 5. The first-order chi connectivity index (χ1) is 13.9. The second kappa shape index (κ2) is 7.70. The predicted octanol–water partition coefficient (Wildman–Crippen LogP) is 2.83. The minimum absolute atomic E-state index is 0.328. The number of nitrogen functional groups attached to an aromatic ring is 1. The van der Waals surface area contributed by atoms with Gasteiger partial charge in [-0.3, -0.25) is 4.90 Å². The van der Waals surface area contributed by atoms with Gasteiger partial charge in [-0.25, -0.2) is 15.0 Å². The van der Waals surface area contributed by atoms with Gasteiger partial charge in [0.2, 0.25) is 0 Å². The number of hydrogen-bond acceptors (Lipinski definition) is 7. The molecule has 3 aromatic rings. The Morgan fingerprint density at radius 2 is 1.76 bits per heavy atom. The van der Waals surface area contributed by atoms with Gasteiger partial charge in [-0.15, -0.1) is 13.2 Å². The van der Waals surface area contributed by atoms with E-state index in [-0.39, 0.29) is 5.75 Å². The Hall–Kier alpha value is -3.14. The van der Waals surface area contributed by atoms with E-state index in [9.17, 15) is 13.2 Å². The van der Waals surface area contributed by atoms with Crippen molar-refractivity contribution < 1.29 is 17.9 Å². The number of ether oxygens (including phenoxy) is 1. The first-order valence-corrected chi connectivity index (χ1v) is 9.08. The molecule has 10 heteroatoms. The summed E-state index contributed by atoms with van der Waals surface area (Å²) in [5.74, 6) is 1.42. The molecule has 7 nitrogen and oxygen atoms in total. The van der Waals surface area contributed by atoms with Crippen LogP contribution in [-0.2, 0) is 6.54 Å². The number of anilines is 2. The number of fused-ring (bicyclic) bond motifs is 1. The Morgan fingerprint density at radius 1 is 1.00 bits per heavy atom. The Bertz CT molecular complexity index is 987. The van der Waals surface area contributed by atoms with Gasteiger partial charge in [0.15, 0.2) is 0 Å². The van der Waals surface area contributed by atoms with E-state index in [4.69, 9.17) is 5.73 Å². The quantitative estimate of drug-likeness (QED) is 0.716. The van der Waals surface area contributed by atoms with Crippen LogP contribution in [0.3, 0.4) is 0 Å². The fraction of sp³-hybridized carbons (Fsp3) is 0.316. The molecule has 4 rings (SSSR count). The molecule has 1 aromatic carbocycles. The highest BCUT2D eigenvalue weighted by Crippen LogP contribution is 2.24. The van der Waals surface area contributed by atoms with E-state index in [0.717, 1.165) is 30.2 Å². The smallest absolute Gasteiger partial charge is 0.404 e. The zero-order chi connectivity index (χ0) is 20.4.